The fourth-order valence-corrected chi connectivity index (χ4v) is 4.01. The Balaban J connectivity index is 1.29. The van der Waals surface area contributed by atoms with Crippen LogP contribution >= 0.6 is 0 Å². The monoisotopic (exact) mass is 393 g/mol. The van der Waals surface area contributed by atoms with E-state index in [0.29, 0.717) is 12.6 Å². The number of hydrogen-bond acceptors (Lipinski definition) is 2. The van der Waals surface area contributed by atoms with Crippen molar-refractivity contribution in [1.82, 2.24) is 0 Å². The first-order valence-corrected chi connectivity index (χ1v) is 10.2. The van der Waals surface area contributed by atoms with Crippen LogP contribution in [0.15, 0.2) is 89.9 Å². The van der Waals surface area contributed by atoms with Gasteiger partial charge in [0.1, 0.15) is 12.4 Å². The normalized spacial score (nSPS) is 12.9. The second-order valence-corrected chi connectivity index (χ2v) is 7.50. The molecule has 4 aromatic rings. The zero-order valence-corrected chi connectivity index (χ0v) is 16.6. The average Bonchev–Trinajstić information content (AvgIpc) is 3.21. The molecule has 0 unspecified atom stereocenters. The largest absolute Gasteiger partial charge is 0.489 e. The van der Waals surface area contributed by atoms with Crippen LogP contribution in [0.3, 0.4) is 0 Å². The molecule has 4 aromatic carbocycles. The van der Waals surface area contributed by atoms with Crippen molar-refractivity contribution < 1.29 is 4.74 Å². The van der Waals surface area contributed by atoms with E-state index in [1.54, 1.807) is 0 Å². The molecule has 0 radical (unpaired) electrons. The van der Waals surface area contributed by atoms with Gasteiger partial charge in [0.05, 0.1) is 5.69 Å². The summed E-state index contributed by atoms with van der Waals surface area (Å²) in [6, 6.07) is 28.5. The number of nitrogens with zero attached hydrogens (tertiary/aromatic N) is 1. The third kappa shape index (κ3) is 3.72. The van der Waals surface area contributed by atoms with Crippen LogP contribution < -0.4 is 15.8 Å². The van der Waals surface area contributed by atoms with Crippen LogP contribution in [0, 0.1) is 0 Å². The third-order valence-electron chi connectivity index (χ3n) is 5.47. The van der Waals surface area contributed by atoms with Crippen molar-refractivity contribution in [3.8, 4) is 5.75 Å². The maximum atomic E-state index is 6.20. The standard InChI is InChI=1S/C26H23N3O/c27-26(29-24-16-11-20-10-9-19-7-4-8-23(24)25(19)20)28-21-12-14-22(15-13-21)30-17-18-5-2-1-3-6-18/h1-8,11-16H,9-10,17H2,(H3,27,28,29). The molecule has 1 aliphatic rings. The molecule has 0 amide bonds. The highest BCUT2D eigenvalue weighted by atomic mass is 16.5. The first-order valence-electron chi connectivity index (χ1n) is 10.2. The van der Waals surface area contributed by atoms with Crippen LogP contribution in [0.2, 0.25) is 0 Å². The fourth-order valence-electron chi connectivity index (χ4n) is 4.01. The molecule has 0 fully saturated rings. The minimum Gasteiger partial charge on any atom is -0.489 e. The number of benzene rings is 4. The second kappa shape index (κ2) is 7.91. The van der Waals surface area contributed by atoms with Crippen molar-refractivity contribution in [3.05, 3.63) is 102 Å². The zero-order chi connectivity index (χ0) is 20.3. The van der Waals surface area contributed by atoms with Crippen molar-refractivity contribution in [2.75, 3.05) is 5.32 Å². The van der Waals surface area contributed by atoms with Gasteiger partial charge < -0.3 is 15.8 Å². The lowest BCUT2D eigenvalue weighted by Gasteiger charge is -2.10. The molecule has 1 aliphatic carbocycles. The molecule has 3 N–H and O–H groups in total. The van der Waals surface area contributed by atoms with Crippen LogP contribution in [0.1, 0.15) is 16.7 Å². The summed E-state index contributed by atoms with van der Waals surface area (Å²) in [6.45, 7) is 0.544. The van der Waals surface area contributed by atoms with Gasteiger partial charge in [-0.3, -0.25) is 0 Å². The van der Waals surface area contributed by atoms with Gasteiger partial charge in [0, 0.05) is 11.1 Å². The van der Waals surface area contributed by atoms with Gasteiger partial charge in [0.25, 0.3) is 0 Å². The summed E-state index contributed by atoms with van der Waals surface area (Å²) in [5.41, 5.74) is 11.9. The molecule has 0 bridgehead atoms. The Labute approximate surface area is 176 Å². The summed E-state index contributed by atoms with van der Waals surface area (Å²) in [5.74, 6) is 1.18. The van der Waals surface area contributed by atoms with E-state index in [9.17, 15) is 0 Å². The number of aliphatic imine (C=N–C) groups is 1. The molecule has 0 saturated carbocycles. The van der Waals surface area contributed by atoms with E-state index >= 15 is 0 Å². The van der Waals surface area contributed by atoms with Crippen molar-refractivity contribution in [2.24, 2.45) is 10.7 Å². The van der Waals surface area contributed by atoms with Crippen molar-refractivity contribution in [2.45, 2.75) is 19.4 Å². The molecule has 4 heteroatoms. The summed E-state index contributed by atoms with van der Waals surface area (Å²) in [7, 11) is 0. The molecule has 0 atom stereocenters. The van der Waals surface area contributed by atoms with Gasteiger partial charge in [-0.05, 0) is 65.3 Å². The highest BCUT2D eigenvalue weighted by Crippen LogP contribution is 2.36. The molecular weight excluding hydrogens is 370 g/mol. The van der Waals surface area contributed by atoms with Gasteiger partial charge in [0.15, 0.2) is 5.96 Å². The summed E-state index contributed by atoms with van der Waals surface area (Å²) in [6.07, 6.45) is 2.21. The molecular formula is C26H23N3O. The van der Waals surface area contributed by atoms with Crippen LogP contribution in [0.4, 0.5) is 11.4 Å². The SMILES string of the molecule is NC(=Nc1ccc2c3c(cccc13)CC2)Nc1ccc(OCc2ccccc2)cc1. The summed E-state index contributed by atoms with van der Waals surface area (Å²) in [4.78, 5) is 4.64. The molecule has 0 spiro atoms. The predicted molar refractivity (Wildman–Crippen MR) is 123 cm³/mol. The summed E-state index contributed by atoms with van der Waals surface area (Å²) >= 11 is 0. The minimum atomic E-state index is 0.367. The molecule has 5 rings (SSSR count). The van der Waals surface area contributed by atoms with Crippen molar-refractivity contribution in [1.29, 1.82) is 0 Å². The van der Waals surface area contributed by atoms with Gasteiger partial charge in [-0.1, -0.05) is 54.6 Å². The first kappa shape index (κ1) is 18.3. The Bertz CT molecular complexity index is 1200. The Kier molecular flexibility index (Phi) is 4.81. The Hall–Kier alpha value is -3.79. The number of nitrogens with two attached hydrogens (primary N) is 1. The molecule has 0 aliphatic heterocycles. The Morgan fingerprint density at radius 1 is 0.833 bits per heavy atom. The van der Waals surface area contributed by atoms with E-state index in [-0.39, 0.29) is 0 Å². The van der Waals surface area contributed by atoms with E-state index in [4.69, 9.17) is 10.5 Å². The predicted octanol–water partition coefficient (Wildman–Crippen LogP) is 5.58. The topological polar surface area (TPSA) is 59.6 Å². The van der Waals surface area contributed by atoms with Crippen molar-refractivity contribution in [3.63, 3.8) is 0 Å². The lowest BCUT2D eigenvalue weighted by molar-refractivity contribution is 0.306. The lowest BCUT2D eigenvalue weighted by atomic mass is 10.0. The molecule has 148 valence electrons. The van der Waals surface area contributed by atoms with Gasteiger partial charge in [0.2, 0.25) is 0 Å². The fraction of sp³-hybridized carbons (Fsp3) is 0.115. The summed E-state index contributed by atoms with van der Waals surface area (Å²) < 4.78 is 5.83. The zero-order valence-electron chi connectivity index (χ0n) is 16.6. The lowest BCUT2D eigenvalue weighted by Crippen LogP contribution is -2.21. The number of anilines is 1. The summed E-state index contributed by atoms with van der Waals surface area (Å²) in [5, 5.41) is 5.68. The molecule has 0 heterocycles. The highest BCUT2D eigenvalue weighted by molar-refractivity contribution is 6.02. The van der Waals surface area contributed by atoms with Crippen LogP contribution in [0.5, 0.6) is 5.75 Å². The number of ether oxygens (including phenoxy) is 1. The van der Waals surface area contributed by atoms with Gasteiger partial charge in [-0.2, -0.15) is 0 Å². The van der Waals surface area contributed by atoms with Crippen LogP contribution in [-0.4, -0.2) is 5.96 Å². The molecule has 4 nitrogen and oxygen atoms in total. The number of rotatable bonds is 5. The Morgan fingerprint density at radius 3 is 2.40 bits per heavy atom. The van der Waals surface area contributed by atoms with Gasteiger partial charge >= 0.3 is 0 Å². The van der Waals surface area contributed by atoms with Gasteiger partial charge in [-0.15, -0.1) is 0 Å². The third-order valence-corrected chi connectivity index (χ3v) is 5.47. The highest BCUT2D eigenvalue weighted by Gasteiger charge is 2.15. The Morgan fingerprint density at radius 2 is 1.60 bits per heavy atom. The maximum Gasteiger partial charge on any atom is 0.198 e. The van der Waals surface area contributed by atoms with Crippen LogP contribution in [0.25, 0.3) is 10.8 Å². The van der Waals surface area contributed by atoms with E-state index in [1.807, 2.05) is 54.6 Å². The number of hydrogen-bond donors (Lipinski definition) is 2. The maximum absolute atomic E-state index is 6.20. The first-order chi connectivity index (χ1) is 14.8. The van der Waals surface area contributed by atoms with E-state index < -0.39 is 0 Å². The van der Waals surface area contributed by atoms with E-state index in [1.165, 1.54) is 16.5 Å². The number of guanidine groups is 1. The van der Waals surface area contributed by atoms with Crippen molar-refractivity contribution >= 4 is 28.1 Å². The second-order valence-electron chi connectivity index (χ2n) is 7.50. The average molecular weight is 393 g/mol. The molecule has 0 aromatic heterocycles. The van der Waals surface area contributed by atoms with Gasteiger partial charge in [-0.25, -0.2) is 4.99 Å². The number of nitrogens with one attached hydrogen (secondary N) is 1. The van der Waals surface area contributed by atoms with E-state index in [0.717, 1.165) is 40.9 Å². The molecule has 30 heavy (non-hydrogen) atoms. The van der Waals surface area contributed by atoms with Crippen LogP contribution in [-0.2, 0) is 19.4 Å². The molecule has 0 saturated heterocycles. The minimum absolute atomic E-state index is 0.367. The quantitative estimate of drug-likeness (QED) is 0.344. The smallest absolute Gasteiger partial charge is 0.198 e. The number of aryl methyl sites for hydroxylation is 2. The van der Waals surface area contributed by atoms with E-state index in [2.05, 4.69) is 40.6 Å².